The number of alkyl halides is 2. The molecule has 0 unspecified atom stereocenters. The lowest BCUT2D eigenvalue weighted by molar-refractivity contribution is -0.187. The molecule has 1 aliphatic rings. The van der Waals surface area contributed by atoms with Gasteiger partial charge in [0.15, 0.2) is 17.5 Å². The van der Waals surface area contributed by atoms with Crippen LogP contribution in [0, 0.1) is 29.2 Å². The van der Waals surface area contributed by atoms with Crippen molar-refractivity contribution in [1.29, 1.82) is 0 Å². The highest BCUT2D eigenvalue weighted by Crippen LogP contribution is 2.40. The third-order valence-electron chi connectivity index (χ3n) is 6.63. The maximum absolute atomic E-state index is 14.8. The lowest BCUT2D eigenvalue weighted by Gasteiger charge is -2.26. The van der Waals surface area contributed by atoms with Crippen LogP contribution in [0.15, 0.2) is 48.5 Å². The van der Waals surface area contributed by atoms with Gasteiger partial charge in [-0.15, -0.1) is 11.3 Å². The van der Waals surface area contributed by atoms with Crippen molar-refractivity contribution in [3.05, 3.63) is 82.9 Å². The third-order valence-corrected chi connectivity index (χ3v) is 7.70. The number of aromatic nitrogens is 1. The number of halogens is 6. The van der Waals surface area contributed by atoms with Crippen molar-refractivity contribution in [3.63, 3.8) is 0 Å². The Morgan fingerprint density at radius 1 is 0.861 bits per heavy atom. The van der Waals surface area contributed by atoms with Crippen LogP contribution in [-0.4, -0.2) is 4.98 Å². The molecule has 0 atom stereocenters. The largest absolute Gasteiger partial charge is 0.429 e. The van der Waals surface area contributed by atoms with Crippen LogP contribution in [-0.2, 0) is 6.11 Å². The van der Waals surface area contributed by atoms with E-state index in [-0.39, 0.29) is 12.1 Å². The van der Waals surface area contributed by atoms with E-state index in [9.17, 15) is 26.3 Å². The summed E-state index contributed by atoms with van der Waals surface area (Å²) in [5.74, 6) is -6.24. The maximum Gasteiger partial charge on any atom is 0.429 e. The van der Waals surface area contributed by atoms with E-state index in [1.165, 1.54) is 35.8 Å². The average molecular weight is 522 g/mol. The van der Waals surface area contributed by atoms with E-state index >= 15 is 0 Å². The summed E-state index contributed by atoms with van der Waals surface area (Å²) in [7, 11) is 0. The Kier molecular flexibility index (Phi) is 6.44. The molecule has 0 aliphatic heterocycles. The standard InChI is InChI=1S/C27H21F6NOS/c1-14-2-4-15(5-3-14)16-7-9-23-24(11-16)36-26(34-23)17-6-8-19(20(28)10-17)27(32,33)35-18-12-21(29)25(31)22(30)13-18/h6-15H,2-5H2,1H3. The Morgan fingerprint density at radius 3 is 2.22 bits per heavy atom. The highest BCUT2D eigenvalue weighted by atomic mass is 32.1. The van der Waals surface area contributed by atoms with Crippen molar-refractivity contribution in [2.24, 2.45) is 5.92 Å². The molecule has 4 aromatic rings. The van der Waals surface area contributed by atoms with Crippen molar-refractivity contribution in [2.75, 3.05) is 0 Å². The molecule has 2 nitrogen and oxygen atoms in total. The van der Waals surface area contributed by atoms with Gasteiger partial charge >= 0.3 is 6.11 Å². The average Bonchev–Trinajstić information content (AvgIpc) is 3.26. The first-order valence-electron chi connectivity index (χ1n) is 11.5. The Morgan fingerprint density at radius 2 is 1.56 bits per heavy atom. The Labute approximate surface area is 207 Å². The first-order chi connectivity index (χ1) is 17.1. The van der Waals surface area contributed by atoms with Crippen molar-refractivity contribution in [1.82, 2.24) is 4.98 Å². The molecule has 9 heteroatoms. The number of ether oxygens (including phenoxy) is 1. The fourth-order valence-electron chi connectivity index (χ4n) is 4.59. The Balaban J connectivity index is 1.39. The second-order valence-corrected chi connectivity index (χ2v) is 10.2. The quantitative estimate of drug-likeness (QED) is 0.193. The number of nitrogens with zero attached hydrogens (tertiary/aromatic N) is 1. The number of rotatable bonds is 5. The second kappa shape index (κ2) is 9.42. The van der Waals surface area contributed by atoms with Crippen molar-refractivity contribution in [3.8, 4) is 16.3 Å². The van der Waals surface area contributed by atoms with Gasteiger partial charge in [0.25, 0.3) is 0 Å². The van der Waals surface area contributed by atoms with Gasteiger partial charge in [-0.3, -0.25) is 0 Å². The molecule has 1 fully saturated rings. The molecule has 188 valence electrons. The van der Waals surface area contributed by atoms with Gasteiger partial charge in [0.1, 0.15) is 16.6 Å². The number of fused-ring (bicyclic) bond motifs is 1. The fraction of sp³-hybridized carbons (Fsp3) is 0.296. The summed E-state index contributed by atoms with van der Waals surface area (Å²) in [4.78, 5) is 4.52. The smallest absolute Gasteiger partial charge is 0.429 e. The van der Waals surface area contributed by atoms with E-state index in [1.54, 1.807) is 0 Å². The zero-order valence-electron chi connectivity index (χ0n) is 19.1. The van der Waals surface area contributed by atoms with Gasteiger partial charge in [0.05, 0.1) is 15.8 Å². The normalized spacial score (nSPS) is 18.5. The lowest BCUT2D eigenvalue weighted by Crippen LogP contribution is -2.23. The summed E-state index contributed by atoms with van der Waals surface area (Å²) in [5.41, 5.74) is 1.16. The molecule has 36 heavy (non-hydrogen) atoms. The predicted octanol–water partition coefficient (Wildman–Crippen LogP) is 8.94. The first kappa shape index (κ1) is 24.6. The summed E-state index contributed by atoms with van der Waals surface area (Å²) >= 11 is 1.34. The molecule has 1 saturated carbocycles. The molecule has 1 aromatic heterocycles. The van der Waals surface area contributed by atoms with Crippen molar-refractivity contribution >= 4 is 21.6 Å². The molecule has 0 saturated heterocycles. The molecule has 5 rings (SSSR count). The van der Waals surface area contributed by atoms with E-state index in [4.69, 9.17) is 0 Å². The van der Waals surface area contributed by atoms with E-state index in [1.807, 2.05) is 6.07 Å². The monoisotopic (exact) mass is 521 g/mol. The van der Waals surface area contributed by atoms with Gasteiger partial charge in [0, 0.05) is 17.7 Å². The first-order valence-corrected chi connectivity index (χ1v) is 12.3. The number of benzene rings is 3. The van der Waals surface area contributed by atoms with Crippen molar-refractivity contribution in [2.45, 2.75) is 44.6 Å². The van der Waals surface area contributed by atoms with Crippen LogP contribution in [0.4, 0.5) is 26.3 Å². The minimum Gasteiger partial charge on any atom is -0.429 e. The van der Waals surface area contributed by atoms with Gasteiger partial charge in [-0.2, -0.15) is 8.78 Å². The van der Waals surface area contributed by atoms with E-state index in [0.717, 1.165) is 41.1 Å². The van der Waals surface area contributed by atoms with Gasteiger partial charge in [-0.1, -0.05) is 31.9 Å². The van der Waals surface area contributed by atoms with Gasteiger partial charge in [-0.05, 0) is 54.5 Å². The van der Waals surface area contributed by atoms with Crippen LogP contribution in [0.2, 0.25) is 0 Å². The van der Waals surface area contributed by atoms with E-state index in [2.05, 4.69) is 28.8 Å². The number of hydrogen-bond donors (Lipinski definition) is 0. The molecule has 1 aliphatic carbocycles. The molecule has 0 radical (unpaired) electrons. The third kappa shape index (κ3) is 4.81. The van der Waals surface area contributed by atoms with Crippen LogP contribution in [0.5, 0.6) is 5.75 Å². The zero-order chi connectivity index (χ0) is 25.6. The van der Waals surface area contributed by atoms with Crippen LogP contribution in [0.1, 0.15) is 49.7 Å². The summed E-state index contributed by atoms with van der Waals surface area (Å²) in [6, 6.07) is 9.66. The topological polar surface area (TPSA) is 22.1 Å². The molecule has 3 aromatic carbocycles. The molecule has 0 spiro atoms. The Bertz CT molecular complexity index is 1400. The SMILES string of the molecule is CC1CCC(c2ccc3nc(-c4ccc(C(F)(F)Oc5cc(F)c(F)c(F)c5)c(F)c4)sc3c2)CC1. The van der Waals surface area contributed by atoms with E-state index in [0.29, 0.717) is 16.5 Å². The summed E-state index contributed by atoms with van der Waals surface area (Å²) in [5, 5.41) is 0.469. The van der Waals surface area contributed by atoms with E-state index < -0.39 is 40.7 Å². The molecule has 0 N–H and O–H groups in total. The van der Waals surface area contributed by atoms with Crippen LogP contribution in [0.25, 0.3) is 20.8 Å². The lowest BCUT2D eigenvalue weighted by atomic mass is 9.79. The molecule has 0 bridgehead atoms. The maximum atomic E-state index is 14.8. The van der Waals surface area contributed by atoms with Gasteiger partial charge < -0.3 is 4.74 Å². The van der Waals surface area contributed by atoms with Crippen molar-refractivity contribution < 1.29 is 31.1 Å². The Hall–Kier alpha value is -3.07. The minimum absolute atomic E-state index is 0.266. The molecular formula is C27H21F6NOS. The molecule has 0 amide bonds. The molecular weight excluding hydrogens is 500 g/mol. The summed E-state index contributed by atoms with van der Waals surface area (Å²) in [6.07, 6.45) is 0.402. The second-order valence-electron chi connectivity index (χ2n) is 9.22. The zero-order valence-corrected chi connectivity index (χ0v) is 19.9. The summed E-state index contributed by atoms with van der Waals surface area (Å²) < 4.78 is 89.0. The summed E-state index contributed by atoms with van der Waals surface area (Å²) in [6.45, 7) is 2.27. The molecule has 1 heterocycles. The predicted molar refractivity (Wildman–Crippen MR) is 126 cm³/mol. The van der Waals surface area contributed by atoms with Crippen LogP contribution < -0.4 is 4.74 Å². The fourth-order valence-corrected chi connectivity index (χ4v) is 5.60. The van der Waals surface area contributed by atoms with Crippen LogP contribution in [0.3, 0.4) is 0 Å². The highest BCUT2D eigenvalue weighted by molar-refractivity contribution is 7.21. The number of hydrogen-bond acceptors (Lipinski definition) is 3. The van der Waals surface area contributed by atoms with Gasteiger partial charge in [-0.25, -0.2) is 22.5 Å². The van der Waals surface area contributed by atoms with Gasteiger partial charge in [0.2, 0.25) is 0 Å². The minimum atomic E-state index is -4.26. The highest BCUT2D eigenvalue weighted by Gasteiger charge is 2.38. The number of thiazole rings is 1. The van der Waals surface area contributed by atoms with Crippen LogP contribution >= 0.6 is 11.3 Å².